The number of nitrogens with one attached hydrogen (secondary N) is 2. The zero-order valence-corrected chi connectivity index (χ0v) is 12.2. The third-order valence-corrected chi connectivity index (χ3v) is 3.91. The molecule has 1 aliphatic rings. The molecule has 0 aromatic heterocycles. The number of aliphatic hydroxyl groups excluding tert-OH is 2. The van der Waals surface area contributed by atoms with Crippen LogP contribution in [0.4, 0.5) is 4.79 Å². The highest BCUT2D eigenvalue weighted by Gasteiger charge is 2.21. The van der Waals surface area contributed by atoms with Gasteiger partial charge < -0.3 is 20.8 Å². The Morgan fingerprint density at radius 3 is 2.48 bits per heavy atom. The summed E-state index contributed by atoms with van der Waals surface area (Å²) in [6.45, 7) is -0.0916. The highest BCUT2D eigenvalue weighted by atomic mass is 16.3. The van der Waals surface area contributed by atoms with E-state index in [0.717, 1.165) is 31.2 Å². The minimum absolute atomic E-state index is 0.0916. The van der Waals surface area contributed by atoms with Crippen LogP contribution in [0.5, 0.6) is 0 Å². The predicted molar refractivity (Wildman–Crippen MR) is 81.0 cm³/mol. The van der Waals surface area contributed by atoms with Crippen molar-refractivity contribution in [1.29, 1.82) is 0 Å². The van der Waals surface area contributed by atoms with Crippen LogP contribution in [0.3, 0.4) is 0 Å². The summed E-state index contributed by atoms with van der Waals surface area (Å²) in [7, 11) is 0. The highest BCUT2D eigenvalue weighted by Crippen LogP contribution is 2.18. The molecule has 21 heavy (non-hydrogen) atoms. The maximum atomic E-state index is 12.0. The van der Waals surface area contributed by atoms with E-state index >= 15 is 0 Å². The van der Waals surface area contributed by atoms with Gasteiger partial charge in [-0.3, -0.25) is 0 Å². The lowest BCUT2D eigenvalue weighted by Gasteiger charge is -2.27. The summed E-state index contributed by atoms with van der Waals surface area (Å²) in [6.07, 6.45) is 3.45. The third-order valence-electron chi connectivity index (χ3n) is 3.91. The van der Waals surface area contributed by atoms with E-state index in [1.54, 1.807) is 0 Å². The van der Waals surface area contributed by atoms with Gasteiger partial charge in [0.2, 0.25) is 0 Å². The average molecular weight is 292 g/mol. The standard InChI is InChI=1S/C16H24N2O3/c19-11-14(10-12-4-2-1-3-5-12)18-16(21)17-13-6-8-15(20)9-7-13/h1-5,13-15,19-20H,6-11H2,(H2,17,18,21). The second kappa shape index (κ2) is 8.00. The van der Waals surface area contributed by atoms with Gasteiger partial charge in [-0.2, -0.15) is 0 Å². The van der Waals surface area contributed by atoms with E-state index in [0.29, 0.717) is 6.42 Å². The molecule has 5 heteroatoms. The van der Waals surface area contributed by atoms with Crippen LogP contribution in [0, 0.1) is 0 Å². The van der Waals surface area contributed by atoms with Gasteiger partial charge in [-0.05, 0) is 37.7 Å². The van der Waals surface area contributed by atoms with Gasteiger partial charge in [0.05, 0.1) is 18.8 Å². The first-order chi connectivity index (χ1) is 10.2. The van der Waals surface area contributed by atoms with Crippen molar-refractivity contribution in [1.82, 2.24) is 10.6 Å². The van der Waals surface area contributed by atoms with Gasteiger partial charge in [0.1, 0.15) is 0 Å². The van der Waals surface area contributed by atoms with Crippen molar-refractivity contribution in [2.75, 3.05) is 6.61 Å². The SMILES string of the molecule is O=C(NC1CCC(O)CC1)NC(CO)Cc1ccccc1. The summed E-state index contributed by atoms with van der Waals surface area (Å²) >= 11 is 0. The molecule has 1 atom stereocenters. The molecule has 4 N–H and O–H groups in total. The number of benzene rings is 1. The van der Waals surface area contributed by atoms with Crippen LogP contribution in [0.15, 0.2) is 30.3 Å². The molecule has 0 heterocycles. The number of amides is 2. The normalized spacial score (nSPS) is 23.3. The van der Waals surface area contributed by atoms with Crippen LogP contribution in [-0.2, 0) is 6.42 Å². The number of urea groups is 1. The first-order valence-corrected chi connectivity index (χ1v) is 7.57. The van der Waals surface area contributed by atoms with Crippen LogP contribution < -0.4 is 10.6 Å². The molecule has 1 aromatic carbocycles. The zero-order valence-electron chi connectivity index (χ0n) is 12.2. The molecule has 2 rings (SSSR count). The van der Waals surface area contributed by atoms with Gasteiger partial charge in [-0.25, -0.2) is 4.79 Å². The average Bonchev–Trinajstić information content (AvgIpc) is 2.50. The fourth-order valence-electron chi connectivity index (χ4n) is 2.69. The third kappa shape index (κ3) is 5.36. The Hall–Kier alpha value is -1.59. The number of carbonyl (C=O) groups is 1. The Bertz CT molecular complexity index is 430. The number of hydrogen-bond acceptors (Lipinski definition) is 3. The Labute approximate surface area is 125 Å². The molecular weight excluding hydrogens is 268 g/mol. The lowest BCUT2D eigenvalue weighted by molar-refractivity contribution is 0.117. The second-order valence-electron chi connectivity index (χ2n) is 5.69. The molecule has 2 amide bonds. The Morgan fingerprint density at radius 2 is 1.86 bits per heavy atom. The Kier molecular flexibility index (Phi) is 6.02. The summed E-state index contributed by atoms with van der Waals surface area (Å²) in [5.41, 5.74) is 1.08. The minimum Gasteiger partial charge on any atom is -0.394 e. The minimum atomic E-state index is -0.290. The van der Waals surface area contributed by atoms with Crippen molar-refractivity contribution in [2.45, 2.75) is 50.3 Å². The first kappa shape index (κ1) is 15.8. The van der Waals surface area contributed by atoms with Crippen LogP contribution in [-0.4, -0.2) is 41.0 Å². The smallest absolute Gasteiger partial charge is 0.315 e. The number of aliphatic hydroxyl groups is 2. The molecule has 0 aliphatic heterocycles. The van der Waals surface area contributed by atoms with Crippen LogP contribution in [0.2, 0.25) is 0 Å². The van der Waals surface area contributed by atoms with Crippen molar-refractivity contribution >= 4 is 6.03 Å². The summed E-state index contributed by atoms with van der Waals surface area (Å²) in [4.78, 5) is 12.0. The van der Waals surface area contributed by atoms with Gasteiger partial charge in [0, 0.05) is 6.04 Å². The number of carbonyl (C=O) groups excluding carboxylic acids is 1. The van der Waals surface area contributed by atoms with Crippen LogP contribution >= 0.6 is 0 Å². The van der Waals surface area contributed by atoms with Gasteiger partial charge in [0.25, 0.3) is 0 Å². The van der Waals surface area contributed by atoms with Crippen molar-refractivity contribution in [3.8, 4) is 0 Å². The summed E-state index contributed by atoms with van der Waals surface area (Å²) in [5.74, 6) is 0. The van der Waals surface area contributed by atoms with E-state index in [-0.39, 0.29) is 30.8 Å². The quantitative estimate of drug-likeness (QED) is 0.658. The van der Waals surface area contributed by atoms with Crippen molar-refractivity contribution < 1.29 is 15.0 Å². The molecular formula is C16H24N2O3. The molecule has 5 nitrogen and oxygen atoms in total. The van der Waals surface area contributed by atoms with E-state index in [4.69, 9.17) is 0 Å². The van der Waals surface area contributed by atoms with Crippen LogP contribution in [0.25, 0.3) is 0 Å². The lowest BCUT2D eigenvalue weighted by atomic mass is 9.93. The Morgan fingerprint density at radius 1 is 1.19 bits per heavy atom. The van der Waals surface area contributed by atoms with Gasteiger partial charge >= 0.3 is 6.03 Å². The fourth-order valence-corrected chi connectivity index (χ4v) is 2.69. The molecule has 1 fully saturated rings. The largest absolute Gasteiger partial charge is 0.394 e. The van der Waals surface area contributed by atoms with Crippen LogP contribution in [0.1, 0.15) is 31.2 Å². The zero-order chi connectivity index (χ0) is 15.1. The van der Waals surface area contributed by atoms with E-state index in [9.17, 15) is 15.0 Å². The first-order valence-electron chi connectivity index (χ1n) is 7.57. The second-order valence-corrected chi connectivity index (χ2v) is 5.69. The van der Waals surface area contributed by atoms with E-state index in [2.05, 4.69) is 10.6 Å². The van der Waals surface area contributed by atoms with E-state index in [1.165, 1.54) is 0 Å². The van der Waals surface area contributed by atoms with Gasteiger partial charge in [-0.15, -0.1) is 0 Å². The summed E-state index contributed by atoms with van der Waals surface area (Å²) in [6, 6.07) is 9.36. The predicted octanol–water partition coefficient (Wildman–Crippen LogP) is 1.19. The molecule has 0 radical (unpaired) electrons. The van der Waals surface area contributed by atoms with E-state index < -0.39 is 0 Å². The summed E-state index contributed by atoms with van der Waals surface area (Å²) in [5, 5.41) is 24.6. The highest BCUT2D eigenvalue weighted by molar-refractivity contribution is 5.74. The molecule has 116 valence electrons. The molecule has 1 aliphatic carbocycles. The van der Waals surface area contributed by atoms with Crippen molar-refractivity contribution in [2.24, 2.45) is 0 Å². The Balaban J connectivity index is 1.77. The van der Waals surface area contributed by atoms with Gasteiger partial charge in [-0.1, -0.05) is 30.3 Å². The molecule has 1 unspecified atom stereocenters. The van der Waals surface area contributed by atoms with E-state index in [1.807, 2.05) is 30.3 Å². The maximum Gasteiger partial charge on any atom is 0.315 e. The molecule has 0 saturated heterocycles. The number of hydrogen-bond donors (Lipinski definition) is 4. The molecule has 1 aromatic rings. The number of rotatable bonds is 5. The monoisotopic (exact) mass is 292 g/mol. The summed E-state index contributed by atoms with van der Waals surface area (Å²) < 4.78 is 0. The molecule has 1 saturated carbocycles. The molecule has 0 bridgehead atoms. The topological polar surface area (TPSA) is 81.6 Å². The molecule has 0 spiro atoms. The van der Waals surface area contributed by atoms with Crippen molar-refractivity contribution in [3.63, 3.8) is 0 Å². The van der Waals surface area contributed by atoms with Gasteiger partial charge in [0.15, 0.2) is 0 Å². The van der Waals surface area contributed by atoms with Crippen molar-refractivity contribution in [3.05, 3.63) is 35.9 Å². The maximum absolute atomic E-state index is 12.0. The fraction of sp³-hybridized carbons (Fsp3) is 0.562. The lowest BCUT2D eigenvalue weighted by Crippen LogP contribution is -2.49.